The molecule has 0 aromatic heterocycles. The van der Waals surface area contributed by atoms with Crippen molar-refractivity contribution >= 4 is 0 Å². The lowest BCUT2D eigenvalue weighted by Crippen LogP contribution is -2.37. The molecule has 0 spiro atoms. The van der Waals surface area contributed by atoms with E-state index in [4.69, 9.17) is 0 Å². The molecule has 0 radical (unpaired) electrons. The van der Waals surface area contributed by atoms with Gasteiger partial charge in [0.2, 0.25) is 0 Å². The van der Waals surface area contributed by atoms with E-state index in [1.165, 1.54) is 44.3 Å². The minimum atomic E-state index is 0.714. The molecule has 0 bridgehead atoms. The van der Waals surface area contributed by atoms with Gasteiger partial charge in [-0.15, -0.1) is 0 Å². The van der Waals surface area contributed by atoms with Crippen LogP contribution < -0.4 is 5.32 Å². The van der Waals surface area contributed by atoms with Crippen molar-refractivity contribution in [2.45, 2.75) is 51.1 Å². The van der Waals surface area contributed by atoms with Crippen LogP contribution in [-0.4, -0.2) is 30.6 Å². The molecule has 2 heteroatoms. The Hall–Kier alpha value is -0.860. The fraction of sp³-hybridized carbons (Fsp3) is 0.647. The molecule has 2 nitrogen and oxygen atoms in total. The van der Waals surface area contributed by atoms with E-state index in [1.807, 2.05) is 0 Å². The van der Waals surface area contributed by atoms with Crippen molar-refractivity contribution in [2.24, 2.45) is 0 Å². The Balaban J connectivity index is 1.59. The summed E-state index contributed by atoms with van der Waals surface area (Å²) in [4.78, 5) is 2.58. The Morgan fingerprint density at radius 3 is 2.84 bits per heavy atom. The average Bonchev–Trinajstić information content (AvgIpc) is 3.17. The van der Waals surface area contributed by atoms with Crippen LogP contribution in [0, 0.1) is 0 Å². The number of nitrogens with one attached hydrogen (secondary N) is 1. The predicted molar refractivity (Wildman–Crippen MR) is 80.4 cm³/mol. The van der Waals surface area contributed by atoms with Crippen LogP contribution in [0.4, 0.5) is 0 Å². The lowest BCUT2D eigenvalue weighted by atomic mass is 10.1. The van der Waals surface area contributed by atoms with Gasteiger partial charge in [0.25, 0.3) is 0 Å². The Morgan fingerprint density at radius 1 is 1.26 bits per heavy atom. The van der Waals surface area contributed by atoms with E-state index in [-0.39, 0.29) is 0 Å². The van der Waals surface area contributed by atoms with E-state index < -0.39 is 0 Å². The maximum absolute atomic E-state index is 3.61. The molecule has 1 unspecified atom stereocenters. The smallest absolute Gasteiger partial charge is 0.0234 e. The van der Waals surface area contributed by atoms with Crippen LogP contribution in [0.5, 0.6) is 0 Å². The number of hydrogen-bond acceptors (Lipinski definition) is 2. The molecule has 104 valence electrons. The second kappa shape index (κ2) is 6.06. The van der Waals surface area contributed by atoms with Crippen LogP contribution in [0.15, 0.2) is 24.3 Å². The number of nitrogens with zero attached hydrogens (tertiary/aromatic N) is 1. The highest BCUT2D eigenvalue weighted by Crippen LogP contribution is 2.40. The van der Waals surface area contributed by atoms with Gasteiger partial charge in [-0.05, 0) is 55.8 Å². The van der Waals surface area contributed by atoms with Gasteiger partial charge < -0.3 is 5.32 Å². The minimum Gasteiger partial charge on any atom is -0.313 e. The van der Waals surface area contributed by atoms with Crippen LogP contribution >= 0.6 is 0 Å². The molecule has 1 aliphatic heterocycles. The van der Waals surface area contributed by atoms with Gasteiger partial charge in [0.15, 0.2) is 0 Å². The van der Waals surface area contributed by atoms with Gasteiger partial charge in [0, 0.05) is 19.1 Å². The summed E-state index contributed by atoms with van der Waals surface area (Å²) in [5, 5.41) is 3.61. The highest BCUT2D eigenvalue weighted by atomic mass is 15.1. The molecule has 1 saturated carbocycles. The molecule has 1 aliphatic carbocycles. The molecule has 1 N–H and O–H groups in total. The number of benzene rings is 1. The van der Waals surface area contributed by atoms with Crippen LogP contribution in [0.3, 0.4) is 0 Å². The van der Waals surface area contributed by atoms with Crippen LogP contribution in [0.25, 0.3) is 0 Å². The van der Waals surface area contributed by atoms with Crippen molar-refractivity contribution in [1.29, 1.82) is 0 Å². The van der Waals surface area contributed by atoms with E-state index >= 15 is 0 Å². The Kier molecular flexibility index (Phi) is 4.19. The quantitative estimate of drug-likeness (QED) is 0.843. The summed E-state index contributed by atoms with van der Waals surface area (Å²) in [6, 6.07) is 9.98. The Morgan fingerprint density at radius 2 is 2.16 bits per heavy atom. The van der Waals surface area contributed by atoms with Gasteiger partial charge in [-0.3, -0.25) is 4.90 Å². The van der Waals surface area contributed by atoms with Gasteiger partial charge in [-0.25, -0.2) is 0 Å². The van der Waals surface area contributed by atoms with E-state index in [1.54, 1.807) is 5.56 Å². The molecule has 19 heavy (non-hydrogen) atoms. The Bertz CT molecular complexity index is 405. The molecule has 2 fully saturated rings. The third-order valence-corrected chi connectivity index (χ3v) is 4.49. The SMILES string of the molecule is CCN(Cc1cccc(C2CC2)c1)CC1CCCN1. The molecule has 1 atom stereocenters. The van der Waals surface area contributed by atoms with Crippen molar-refractivity contribution in [3.8, 4) is 0 Å². The van der Waals surface area contributed by atoms with E-state index in [9.17, 15) is 0 Å². The topological polar surface area (TPSA) is 15.3 Å². The first kappa shape index (κ1) is 13.1. The highest BCUT2D eigenvalue weighted by Gasteiger charge is 2.23. The van der Waals surface area contributed by atoms with Crippen molar-refractivity contribution < 1.29 is 0 Å². The first-order chi connectivity index (χ1) is 9.35. The van der Waals surface area contributed by atoms with Gasteiger partial charge in [-0.2, -0.15) is 0 Å². The molecule has 1 heterocycles. The highest BCUT2D eigenvalue weighted by molar-refractivity contribution is 5.29. The Labute approximate surface area is 117 Å². The van der Waals surface area contributed by atoms with E-state index in [0.717, 1.165) is 19.0 Å². The zero-order chi connectivity index (χ0) is 13.1. The van der Waals surface area contributed by atoms with Crippen LogP contribution in [-0.2, 0) is 6.54 Å². The maximum atomic E-state index is 3.61. The zero-order valence-electron chi connectivity index (χ0n) is 12.1. The van der Waals surface area contributed by atoms with E-state index in [0.29, 0.717) is 6.04 Å². The lowest BCUT2D eigenvalue weighted by Gasteiger charge is -2.24. The van der Waals surface area contributed by atoms with Crippen molar-refractivity contribution in [1.82, 2.24) is 10.2 Å². The van der Waals surface area contributed by atoms with Crippen molar-refractivity contribution in [3.63, 3.8) is 0 Å². The first-order valence-corrected chi connectivity index (χ1v) is 7.89. The summed E-state index contributed by atoms with van der Waals surface area (Å²) in [5.41, 5.74) is 3.05. The maximum Gasteiger partial charge on any atom is 0.0234 e. The zero-order valence-corrected chi connectivity index (χ0v) is 12.1. The second-order valence-corrected chi connectivity index (χ2v) is 6.14. The minimum absolute atomic E-state index is 0.714. The third-order valence-electron chi connectivity index (χ3n) is 4.49. The molecule has 2 aliphatic rings. The summed E-state index contributed by atoms with van der Waals surface area (Å²) in [7, 11) is 0. The number of rotatable bonds is 6. The fourth-order valence-electron chi connectivity index (χ4n) is 3.15. The van der Waals surface area contributed by atoms with Gasteiger partial charge in [0.05, 0.1) is 0 Å². The van der Waals surface area contributed by atoms with Crippen molar-refractivity contribution in [3.05, 3.63) is 35.4 Å². The van der Waals surface area contributed by atoms with Gasteiger partial charge in [0.1, 0.15) is 0 Å². The van der Waals surface area contributed by atoms with Gasteiger partial charge >= 0.3 is 0 Å². The summed E-state index contributed by atoms with van der Waals surface area (Å²) in [6.07, 6.45) is 5.48. The summed E-state index contributed by atoms with van der Waals surface area (Å²) in [6.45, 7) is 6.93. The fourth-order valence-corrected chi connectivity index (χ4v) is 3.15. The molecule has 1 saturated heterocycles. The summed E-state index contributed by atoms with van der Waals surface area (Å²) in [5.74, 6) is 0.867. The largest absolute Gasteiger partial charge is 0.313 e. The summed E-state index contributed by atoms with van der Waals surface area (Å²) >= 11 is 0. The van der Waals surface area contributed by atoms with E-state index in [2.05, 4.69) is 41.4 Å². The first-order valence-electron chi connectivity index (χ1n) is 7.89. The number of likely N-dealkylation sites (N-methyl/N-ethyl adjacent to an activating group) is 1. The predicted octanol–water partition coefficient (Wildman–Crippen LogP) is 3.14. The van der Waals surface area contributed by atoms with Crippen LogP contribution in [0.2, 0.25) is 0 Å². The molecule has 0 amide bonds. The molecule has 1 aromatic rings. The lowest BCUT2D eigenvalue weighted by molar-refractivity contribution is 0.253. The van der Waals surface area contributed by atoms with Crippen molar-refractivity contribution in [2.75, 3.05) is 19.6 Å². The van der Waals surface area contributed by atoms with Gasteiger partial charge in [-0.1, -0.05) is 31.2 Å². The second-order valence-electron chi connectivity index (χ2n) is 6.14. The number of hydrogen-bond donors (Lipinski definition) is 1. The standard InChI is InChI=1S/C17H26N2/c1-2-19(13-17-7-4-10-18-17)12-14-5-3-6-16(11-14)15-8-9-15/h3,5-6,11,15,17-18H,2,4,7-10,12-13H2,1H3. The normalized spacial score (nSPS) is 23.2. The summed E-state index contributed by atoms with van der Waals surface area (Å²) < 4.78 is 0. The third kappa shape index (κ3) is 3.58. The monoisotopic (exact) mass is 258 g/mol. The average molecular weight is 258 g/mol. The molecular weight excluding hydrogens is 232 g/mol. The molecular formula is C17H26N2. The van der Waals surface area contributed by atoms with Crippen LogP contribution in [0.1, 0.15) is 49.7 Å². The molecule has 3 rings (SSSR count). The molecule has 1 aromatic carbocycles.